The van der Waals surface area contributed by atoms with E-state index in [0.717, 1.165) is 11.1 Å². The number of amides is 3. The highest BCUT2D eigenvalue weighted by Gasteiger charge is 2.40. The number of nitrogens with two attached hydrogens (primary N) is 3. The SMILES string of the molecule is NCCCC[C@@H](NC(=O)[C@@H](Cc1ccccc1)NC(=O)[C@H](N)Cc1ccccc1)C(=O)N1CCC(N)(C(=O)O)CC1.O=C(O)C(F)(F)F. The molecule has 1 heterocycles. The molecule has 0 spiro atoms. The highest BCUT2D eigenvalue weighted by molar-refractivity contribution is 5.93. The molecule has 1 saturated heterocycles. The maximum Gasteiger partial charge on any atom is 0.490 e. The summed E-state index contributed by atoms with van der Waals surface area (Å²) in [6.07, 6.45) is -2.71. The number of carboxylic acid groups (broad SMARTS) is 2. The predicted octanol–water partition coefficient (Wildman–Crippen LogP) is 0.936. The summed E-state index contributed by atoms with van der Waals surface area (Å²) in [5.74, 6) is -5.14. The Hall–Kier alpha value is -4.54. The highest BCUT2D eigenvalue weighted by Crippen LogP contribution is 2.21. The molecule has 0 unspecified atom stereocenters. The van der Waals surface area contributed by atoms with Crippen molar-refractivity contribution in [2.75, 3.05) is 19.6 Å². The number of hydrogen-bond acceptors (Lipinski definition) is 8. The van der Waals surface area contributed by atoms with Crippen molar-refractivity contribution >= 4 is 29.7 Å². The Balaban J connectivity index is 0.00000103. The molecule has 2 aromatic rings. The number of rotatable bonds is 14. The van der Waals surface area contributed by atoms with Crippen LogP contribution in [0.25, 0.3) is 0 Å². The van der Waals surface area contributed by atoms with Gasteiger partial charge in [-0.05, 0) is 56.2 Å². The van der Waals surface area contributed by atoms with Gasteiger partial charge in [0.15, 0.2) is 0 Å². The smallest absolute Gasteiger partial charge is 0.480 e. The molecule has 1 aliphatic heterocycles. The number of hydrogen-bond donors (Lipinski definition) is 7. The van der Waals surface area contributed by atoms with Gasteiger partial charge in [-0.25, -0.2) is 4.79 Å². The molecule has 0 bridgehead atoms. The van der Waals surface area contributed by atoms with E-state index >= 15 is 0 Å². The topological polar surface area (TPSA) is 231 Å². The number of piperidine rings is 1. The Kier molecular flexibility index (Phi) is 15.4. The summed E-state index contributed by atoms with van der Waals surface area (Å²) in [5, 5.41) is 22.2. The molecule has 3 amide bonds. The normalized spacial score (nSPS) is 15.9. The zero-order chi connectivity index (χ0) is 35.9. The molecule has 10 N–H and O–H groups in total. The Labute approximate surface area is 276 Å². The molecule has 264 valence electrons. The van der Waals surface area contributed by atoms with Crippen molar-refractivity contribution in [3.05, 3.63) is 71.8 Å². The van der Waals surface area contributed by atoms with Crippen LogP contribution in [0.4, 0.5) is 13.2 Å². The fraction of sp³-hybridized carbons (Fsp3) is 0.469. The first-order valence-corrected chi connectivity index (χ1v) is 15.3. The zero-order valence-electron chi connectivity index (χ0n) is 26.3. The Morgan fingerprint density at radius 1 is 0.812 bits per heavy atom. The molecule has 0 radical (unpaired) electrons. The van der Waals surface area contributed by atoms with Crippen molar-refractivity contribution in [2.24, 2.45) is 17.2 Å². The van der Waals surface area contributed by atoms with Crippen molar-refractivity contribution in [2.45, 2.75) is 74.8 Å². The maximum atomic E-state index is 13.6. The lowest BCUT2D eigenvalue weighted by atomic mass is 9.88. The number of carbonyl (C=O) groups excluding carboxylic acids is 3. The minimum absolute atomic E-state index is 0.115. The number of carboxylic acids is 2. The molecule has 13 nitrogen and oxygen atoms in total. The van der Waals surface area contributed by atoms with Crippen LogP contribution in [0.3, 0.4) is 0 Å². The summed E-state index contributed by atoms with van der Waals surface area (Å²) in [6, 6.07) is 15.9. The van der Waals surface area contributed by atoms with Gasteiger partial charge in [0, 0.05) is 19.5 Å². The second-order valence-electron chi connectivity index (χ2n) is 11.5. The van der Waals surface area contributed by atoms with E-state index in [2.05, 4.69) is 10.6 Å². The Bertz CT molecular complexity index is 1360. The number of nitrogens with one attached hydrogen (secondary N) is 2. The third-order valence-electron chi connectivity index (χ3n) is 7.75. The van der Waals surface area contributed by atoms with Gasteiger partial charge in [-0.15, -0.1) is 0 Å². The van der Waals surface area contributed by atoms with Crippen LogP contribution in [0.15, 0.2) is 60.7 Å². The number of halogens is 3. The van der Waals surface area contributed by atoms with Gasteiger partial charge >= 0.3 is 18.1 Å². The maximum absolute atomic E-state index is 13.6. The molecule has 0 aliphatic carbocycles. The van der Waals surface area contributed by atoms with Gasteiger partial charge in [-0.1, -0.05) is 60.7 Å². The molecule has 16 heteroatoms. The van der Waals surface area contributed by atoms with E-state index in [-0.39, 0.29) is 38.3 Å². The van der Waals surface area contributed by atoms with Gasteiger partial charge in [0.25, 0.3) is 0 Å². The van der Waals surface area contributed by atoms with Crippen LogP contribution < -0.4 is 27.8 Å². The van der Waals surface area contributed by atoms with E-state index in [1.807, 2.05) is 60.7 Å². The van der Waals surface area contributed by atoms with Crippen molar-refractivity contribution in [3.63, 3.8) is 0 Å². The lowest BCUT2D eigenvalue weighted by molar-refractivity contribution is -0.192. The first kappa shape index (κ1) is 39.6. The van der Waals surface area contributed by atoms with Gasteiger partial charge in [-0.2, -0.15) is 13.2 Å². The molecule has 3 rings (SSSR count). The molecule has 2 aromatic carbocycles. The predicted molar refractivity (Wildman–Crippen MR) is 169 cm³/mol. The van der Waals surface area contributed by atoms with Crippen LogP contribution in [0.5, 0.6) is 0 Å². The largest absolute Gasteiger partial charge is 0.490 e. The fourth-order valence-corrected chi connectivity index (χ4v) is 4.88. The second-order valence-corrected chi connectivity index (χ2v) is 11.5. The van der Waals surface area contributed by atoms with Gasteiger partial charge in [0.1, 0.15) is 17.6 Å². The van der Waals surface area contributed by atoms with E-state index in [9.17, 15) is 37.5 Å². The summed E-state index contributed by atoms with van der Waals surface area (Å²) in [6.45, 7) is 0.783. The molecule has 48 heavy (non-hydrogen) atoms. The third kappa shape index (κ3) is 12.9. The standard InChI is InChI=1S/C30H42N6O5.C2HF3O2/c31-16-8-7-13-24(28(39)36-17-14-30(33,15-18-36)29(40)41)34-27(38)25(20-22-11-5-2-6-12-22)35-26(37)23(32)19-21-9-3-1-4-10-21;3-2(4,5)1(6)7/h1-6,9-12,23-25H,7-8,13-20,31-33H2,(H,34,38)(H,35,37)(H,40,41);(H,6,7)/t23-,24-,25-;/m1./s1. The van der Waals surface area contributed by atoms with Crippen molar-refractivity contribution in [1.29, 1.82) is 0 Å². The molecule has 0 saturated carbocycles. The van der Waals surface area contributed by atoms with Crippen LogP contribution in [-0.4, -0.2) is 94.2 Å². The number of benzene rings is 2. The lowest BCUT2D eigenvalue weighted by Gasteiger charge is -2.38. The summed E-state index contributed by atoms with van der Waals surface area (Å²) in [7, 11) is 0. The van der Waals surface area contributed by atoms with E-state index < -0.39 is 53.6 Å². The Morgan fingerprint density at radius 2 is 1.29 bits per heavy atom. The Morgan fingerprint density at radius 3 is 1.75 bits per heavy atom. The third-order valence-corrected chi connectivity index (χ3v) is 7.75. The van der Waals surface area contributed by atoms with Crippen LogP contribution in [0.2, 0.25) is 0 Å². The first-order chi connectivity index (χ1) is 22.6. The zero-order valence-corrected chi connectivity index (χ0v) is 26.3. The summed E-state index contributed by atoms with van der Waals surface area (Å²) in [4.78, 5) is 62.2. The minimum Gasteiger partial charge on any atom is -0.480 e. The molecule has 1 fully saturated rings. The number of carbonyl (C=O) groups is 5. The molecule has 3 atom stereocenters. The number of alkyl halides is 3. The molecular formula is C32H43F3N6O7. The van der Waals surface area contributed by atoms with Gasteiger partial charge in [0.2, 0.25) is 17.7 Å². The van der Waals surface area contributed by atoms with Crippen LogP contribution in [0.1, 0.15) is 43.2 Å². The van der Waals surface area contributed by atoms with Crippen LogP contribution in [0, 0.1) is 0 Å². The molecule has 0 aromatic heterocycles. The van der Waals surface area contributed by atoms with Crippen molar-refractivity contribution < 1.29 is 47.4 Å². The van der Waals surface area contributed by atoms with Gasteiger partial charge in [-0.3, -0.25) is 19.2 Å². The highest BCUT2D eigenvalue weighted by atomic mass is 19.4. The average molecular weight is 681 g/mol. The van der Waals surface area contributed by atoms with Crippen LogP contribution in [-0.2, 0) is 36.8 Å². The van der Waals surface area contributed by atoms with Crippen molar-refractivity contribution in [1.82, 2.24) is 15.5 Å². The summed E-state index contributed by atoms with van der Waals surface area (Å²) < 4.78 is 31.7. The molecule has 1 aliphatic rings. The number of likely N-dealkylation sites (tertiary alicyclic amines) is 1. The van der Waals surface area contributed by atoms with Crippen LogP contribution >= 0.6 is 0 Å². The lowest BCUT2D eigenvalue weighted by Crippen LogP contribution is -2.60. The fourth-order valence-electron chi connectivity index (χ4n) is 4.88. The quantitative estimate of drug-likeness (QED) is 0.140. The summed E-state index contributed by atoms with van der Waals surface area (Å²) in [5.41, 5.74) is 18.2. The van der Waals surface area contributed by atoms with E-state index in [0.29, 0.717) is 32.2 Å². The first-order valence-electron chi connectivity index (χ1n) is 15.3. The average Bonchev–Trinajstić information content (AvgIpc) is 3.04. The van der Waals surface area contributed by atoms with Gasteiger partial charge < -0.3 is 42.9 Å². The van der Waals surface area contributed by atoms with E-state index in [1.165, 1.54) is 0 Å². The summed E-state index contributed by atoms with van der Waals surface area (Å²) >= 11 is 0. The second kappa shape index (κ2) is 18.7. The van der Waals surface area contributed by atoms with E-state index in [4.69, 9.17) is 27.1 Å². The number of nitrogens with zero attached hydrogens (tertiary/aromatic N) is 1. The number of unbranched alkanes of at least 4 members (excludes halogenated alkanes) is 1. The monoisotopic (exact) mass is 680 g/mol. The van der Waals surface area contributed by atoms with E-state index in [1.54, 1.807) is 4.90 Å². The van der Waals surface area contributed by atoms with Gasteiger partial charge in [0.05, 0.1) is 6.04 Å². The van der Waals surface area contributed by atoms with Crippen molar-refractivity contribution in [3.8, 4) is 0 Å². The number of aliphatic carboxylic acids is 2. The minimum atomic E-state index is -5.08. The molecular weight excluding hydrogens is 637 g/mol.